The number of amides is 1. The zero-order valence-corrected chi connectivity index (χ0v) is 16.8. The van der Waals surface area contributed by atoms with Crippen LogP contribution < -0.4 is 9.64 Å². The van der Waals surface area contributed by atoms with Gasteiger partial charge in [0.2, 0.25) is 0 Å². The summed E-state index contributed by atoms with van der Waals surface area (Å²) in [5, 5.41) is 0. The van der Waals surface area contributed by atoms with E-state index >= 15 is 0 Å². The van der Waals surface area contributed by atoms with Crippen LogP contribution in [0.4, 0.5) is 5.69 Å². The van der Waals surface area contributed by atoms with Crippen molar-refractivity contribution < 1.29 is 9.53 Å². The summed E-state index contributed by atoms with van der Waals surface area (Å²) in [4.78, 5) is 17.0. The molecule has 0 bridgehead atoms. The second-order valence-corrected chi connectivity index (χ2v) is 7.32. The standard InChI is InChI=1S/C24H30N2O2/c1-3-15-25(2)16-7-8-18-28-22-13-14-23-21(19-22)12-9-17-26(23)24(27)20-10-5-4-6-11-20/h3-6,10-11,13-14,19H,1,7-9,12,15-18H2,2H3. The monoisotopic (exact) mass is 378 g/mol. The molecule has 0 unspecified atom stereocenters. The Morgan fingerprint density at radius 1 is 1.21 bits per heavy atom. The van der Waals surface area contributed by atoms with E-state index in [-0.39, 0.29) is 5.91 Å². The van der Waals surface area contributed by atoms with Crippen LogP contribution in [-0.2, 0) is 6.42 Å². The predicted molar refractivity (Wildman–Crippen MR) is 115 cm³/mol. The number of hydrogen-bond donors (Lipinski definition) is 0. The number of nitrogens with zero attached hydrogens (tertiary/aromatic N) is 2. The maximum absolute atomic E-state index is 12.9. The molecule has 0 atom stereocenters. The van der Waals surface area contributed by atoms with Crippen LogP contribution >= 0.6 is 0 Å². The smallest absolute Gasteiger partial charge is 0.258 e. The average Bonchev–Trinajstić information content (AvgIpc) is 2.73. The molecule has 0 radical (unpaired) electrons. The highest BCUT2D eigenvalue weighted by molar-refractivity contribution is 6.06. The third kappa shape index (κ3) is 5.23. The van der Waals surface area contributed by atoms with Crippen LogP contribution in [0.25, 0.3) is 0 Å². The maximum Gasteiger partial charge on any atom is 0.258 e. The van der Waals surface area contributed by atoms with Crippen molar-refractivity contribution in [2.24, 2.45) is 0 Å². The molecule has 0 fully saturated rings. The van der Waals surface area contributed by atoms with Crippen molar-refractivity contribution in [1.29, 1.82) is 0 Å². The summed E-state index contributed by atoms with van der Waals surface area (Å²) in [6, 6.07) is 15.6. The van der Waals surface area contributed by atoms with Crippen LogP contribution in [0.2, 0.25) is 0 Å². The average molecular weight is 379 g/mol. The summed E-state index contributed by atoms with van der Waals surface area (Å²) in [7, 11) is 2.11. The van der Waals surface area contributed by atoms with E-state index in [1.54, 1.807) is 0 Å². The molecule has 1 aliphatic heterocycles. The Hall–Kier alpha value is -2.59. The highest BCUT2D eigenvalue weighted by Gasteiger charge is 2.23. The van der Waals surface area contributed by atoms with Crippen molar-refractivity contribution in [2.75, 3.05) is 38.2 Å². The number of hydrogen-bond acceptors (Lipinski definition) is 3. The number of unbranched alkanes of at least 4 members (excludes halogenated alkanes) is 1. The SMILES string of the molecule is C=CCN(C)CCCCOc1ccc2c(c1)CCCN2C(=O)c1ccccc1. The molecule has 4 heteroatoms. The molecule has 28 heavy (non-hydrogen) atoms. The quantitative estimate of drug-likeness (QED) is 0.474. The number of ether oxygens (including phenoxy) is 1. The molecule has 2 aromatic carbocycles. The first-order valence-corrected chi connectivity index (χ1v) is 10.1. The summed E-state index contributed by atoms with van der Waals surface area (Å²) in [6.45, 7) is 7.21. The van der Waals surface area contributed by atoms with Gasteiger partial charge < -0.3 is 14.5 Å². The van der Waals surface area contributed by atoms with Crippen molar-refractivity contribution in [3.05, 3.63) is 72.3 Å². The molecule has 0 spiro atoms. The number of likely N-dealkylation sites (N-methyl/N-ethyl adjacent to an activating group) is 1. The van der Waals surface area contributed by atoms with Gasteiger partial charge >= 0.3 is 0 Å². The lowest BCUT2D eigenvalue weighted by molar-refractivity contribution is 0.0985. The first kappa shape index (κ1) is 20.2. The fourth-order valence-electron chi connectivity index (χ4n) is 3.60. The van der Waals surface area contributed by atoms with Gasteiger partial charge in [-0.05, 0) is 75.2 Å². The molecule has 4 nitrogen and oxygen atoms in total. The summed E-state index contributed by atoms with van der Waals surface area (Å²) >= 11 is 0. The van der Waals surface area contributed by atoms with Gasteiger partial charge in [-0.2, -0.15) is 0 Å². The van der Waals surface area contributed by atoms with Crippen molar-refractivity contribution in [3.8, 4) is 5.75 Å². The minimum absolute atomic E-state index is 0.0684. The van der Waals surface area contributed by atoms with Gasteiger partial charge in [0, 0.05) is 24.3 Å². The summed E-state index contributed by atoms with van der Waals surface area (Å²) in [5.74, 6) is 0.964. The second-order valence-electron chi connectivity index (χ2n) is 7.32. The molecule has 1 aliphatic rings. The van der Waals surface area contributed by atoms with Gasteiger partial charge in [-0.3, -0.25) is 4.79 Å². The molecule has 1 amide bonds. The second kappa shape index (κ2) is 10.1. The summed E-state index contributed by atoms with van der Waals surface area (Å²) in [6.07, 6.45) is 6.02. The number of anilines is 1. The Bertz CT molecular complexity index is 788. The minimum atomic E-state index is 0.0684. The van der Waals surface area contributed by atoms with Crippen molar-refractivity contribution in [1.82, 2.24) is 4.90 Å². The highest BCUT2D eigenvalue weighted by atomic mass is 16.5. The third-order valence-electron chi connectivity index (χ3n) is 5.08. The lowest BCUT2D eigenvalue weighted by Gasteiger charge is -2.30. The largest absolute Gasteiger partial charge is 0.494 e. The number of fused-ring (bicyclic) bond motifs is 1. The number of benzene rings is 2. The van der Waals surface area contributed by atoms with E-state index in [0.717, 1.165) is 62.3 Å². The molecule has 3 rings (SSSR count). The van der Waals surface area contributed by atoms with Crippen LogP contribution in [0.1, 0.15) is 35.2 Å². The lowest BCUT2D eigenvalue weighted by atomic mass is 10.0. The Kier molecular flexibility index (Phi) is 7.26. The van der Waals surface area contributed by atoms with Gasteiger partial charge in [-0.25, -0.2) is 0 Å². The van der Waals surface area contributed by atoms with Gasteiger partial charge in [0.05, 0.1) is 6.61 Å². The van der Waals surface area contributed by atoms with Gasteiger partial charge in [-0.15, -0.1) is 6.58 Å². The molecule has 2 aromatic rings. The number of carbonyl (C=O) groups excluding carboxylic acids is 1. The first-order valence-electron chi connectivity index (χ1n) is 10.1. The van der Waals surface area contributed by atoms with E-state index in [1.807, 2.05) is 53.4 Å². The molecule has 0 N–H and O–H groups in total. The zero-order valence-electron chi connectivity index (χ0n) is 16.8. The van der Waals surface area contributed by atoms with E-state index in [4.69, 9.17) is 4.74 Å². The Balaban J connectivity index is 1.57. The molecule has 0 aliphatic carbocycles. The zero-order chi connectivity index (χ0) is 19.8. The molecule has 0 saturated heterocycles. The molecule has 1 heterocycles. The maximum atomic E-state index is 12.9. The topological polar surface area (TPSA) is 32.8 Å². The number of aryl methyl sites for hydroxylation is 1. The van der Waals surface area contributed by atoms with Crippen LogP contribution in [-0.4, -0.2) is 44.1 Å². The minimum Gasteiger partial charge on any atom is -0.494 e. The number of carbonyl (C=O) groups is 1. The summed E-state index contributed by atoms with van der Waals surface area (Å²) in [5.41, 5.74) is 2.94. The molecular formula is C24H30N2O2. The van der Waals surface area contributed by atoms with Crippen LogP contribution in [0.5, 0.6) is 5.75 Å². The lowest BCUT2D eigenvalue weighted by Crippen LogP contribution is -2.35. The highest BCUT2D eigenvalue weighted by Crippen LogP contribution is 2.31. The fraction of sp³-hybridized carbons (Fsp3) is 0.375. The summed E-state index contributed by atoms with van der Waals surface area (Å²) < 4.78 is 5.95. The van der Waals surface area contributed by atoms with Crippen LogP contribution in [0.3, 0.4) is 0 Å². The first-order chi connectivity index (χ1) is 13.7. The van der Waals surface area contributed by atoms with E-state index in [2.05, 4.69) is 24.6 Å². The number of rotatable bonds is 9. The van der Waals surface area contributed by atoms with Crippen molar-refractivity contribution >= 4 is 11.6 Å². The van der Waals surface area contributed by atoms with E-state index in [1.165, 1.54) is 5.56 Å². The van der Waals surface area contributed by atoms with E-state index < -0.39 is 0 Å². The Morgan fingerprint density at radius 2 is 2.04 bits per heavy atom. The van der Waals surface area contributed by atoms with Crippen LogP contribution in [0, 0.1) is 0 Å². The van der Waals surface area contributed by atoms with Gasteiger partial charge in [0.1, 0.15) is 5.75 Å². The van der Waals surface area contributed by atoms with Gasteiger partial charge in [-0.1, -0.05) is 24.3 Å². The molecular weight excluding hydrogens is 348 g/mol. The van der Waals surface area contributed by atoms with Crippen molar-refractivity contribution in [3.63, 3.8) is 0 Å². The predicted octanol–water partition coefficient (Wildman–Crippen LogP) is 4.56. The van der Waals surface area contributed by atoms with E-state index in [9.17, 15) is 4.79 Å². The Morgan fingerprint density at radius 3 is 2.82 bits per heavy atom. The normalized spacial score (nSPS) is 13.3. The third-order valence-corrected chi connectivity index (χ3v) is 5.08. The fourth-order valence-corrected chi connectivity index (χ4v) is 3.60. The molecule has 0 saturated carbocycles. The van der Waals surface area contributed by atoms with Gasteiger partial charge in [0.15, 0.2) is 0 Å². The van der Waals surface area contributed by atoms with Crippen LogP contribution in [0.15, 0.2) is 61.2 Å². The molecule has 148 valence electrons. The Labute approximate surface area is 168 Å². The van der Waals surface area contributed by atoms with Crippen molar-refractivity contribution in [2.45, 2.75) is 25.7 Å². The molecule has 0 aromatic heterocycles. The van der Waals surface area contributed by atoms with Gasteiger partial charge in [0.25, 0.3) is 5.91 Å². The van der Waals surface area contributed by atoms with E-state index in [0.29, 0.717) is 6.61 Å².